The largest absolute Gasteiger partial charge is 0.434 e. The molecule has 5 nitrogen and oxygen atoms in total. The van der Waals surface area contributed by atoms with Crippen LogP contribution in [-0.4, -0.2) is 48.6 Å². The molecule has 26 heavy (non-hydrogen) atoms. The van der Waals surface area contributed by atoms with Crippen molar-refractivity contribution in [3.05, 3.63) is 16.1 Å². The van der Waals surface area contributed by atoms with Crippen LogP contribution in [0.2, 0.25) is 0 Å². The summed E-state index contributed by atoms with van der Waals surface area (Å²) >= 11 is 0.992. The molecule has 1 saturated heterocycles. The first kappa shape index (κ1) is 23.4. The summed E-state index contributed by atoms with van der Waals surface area (Å²) in [5.41, 5.74) is -0.842. The molecule has 0 saturated carbocycles. The Bertz CT molecular complexity index is 570. The number of rotatable bonds is 5. The summed E-state index contributed by atoms with van der Waals surface area (Å²) in [5, 5.41) is 7.67. The minimum absolute atomic E-state index is 0. The Morgan fingerprint density at radius 3 is 2.58 bits per heavy atom. The summed E-state index contributed by atoms with van der Waals surface area (Å²) in [6, 6.07) is 0.378. The van der Waals surface area contributed by atoms with E-state index in [-0.39, 0.29) is 30.5 Å². The summed E-state index contributed by atoms with van der Waals surface area (Å²) in [4.78, 5) is 10.2. The van der Waals surface area contributed by atoms with E-state index in [0.717, 1.165) is 42.3 Å². The van der Waals surface area contributed by atoms with E-state index < -0.39 is 11.9 Å². The van der Waals surface area contributed by atoms with Gasteiger partial charge in [-0.3, -0.25) is 9.89 Å². The van der Waals surface area contributed by atoms with Crippen LogP contribution in [0.5, 0.6) is 0 Å². The van der Waals surface area contributed by atoms with Gasteiger partial charge in [0.2, 0.25) is 0 Å². The smallest absolute Gasteiger partial charge is 0.355 e. The highest BCUT2D eigenvalue weighted by molar-refractivity contribution is 14.0. The number of nitrogens with one attached hydrogen (secondary N) is 2. The Labute approximate surface area is 173 Å². The summed E-state index contributed by atoms with van der Waals surface area (Å²) in [5.74, 6) is 1.37. The van der Waals surface area contributed by atoms with Crippen LogP contribution in [0.25, 0.3) is 0 Å². The second kappa shape index (κ2) is 10.6. The number of halogens is 4. The number of aliphatic imine (C=N–C) groups is 1. The van der Waals surface area contributed by atoms with Gasteiger partial charge in [-0.25, -0.2) is 4.98 Å². The van der Waals surface area contributed by atoms with E-state index in [0.29, 0.717) is 17.0 Å². The topological polar surface area (TPSA) is 52.6 Å². The standard InChI is InChI=1S/C16H26F3N5S.HI/c1-11-4-6-24(7-5-11)12(2)8-21-15(20-3)22-9-14-23-13(10-25-14)16(17,18)19;/h10-12H,4-9H2,1-3H3,(H2,20,21,22);1H. The third-order valence-corrected chi connectivity index (χ3v) is 5.33. The fourth-order valence-electron chi connectivity index (χ4n) is 2.75. The first-order chi connectivity index (χ1) is 11.8. The Balaban J connectivity index is 0.00000338. The number of aromatic nitrogens is 1. The summed E-state index contributed by atoms with van der Waals surface area (Å²) in [6.45, 7) is 7.63. The Hall–Kier alpha value is -0.620. The molecule has 10 heteroatoms. The maximum atomic E-state index is 12.6. The van der Waals surface area contributed by atoms with Gasteiger partial charge in [0.1, 0.15) is 5.01 Å². The van der Waals surface area contributed by atoms with Gasteiger partial charge in [-0.15, -0.1) is 35.3 Å². The van der Waals surface area contributed by atoms with Crippen molar-refractivity contribution in [3.63, 3.8) is 0 Å². The Morgan fingerprint density at radius 2 is 2.04 bits per heavy atom. The molecule has 2 rings (SSSR count). The fourth-order valence-corrected chi connectivity index (χ4v) is 3.49. The number of hydrogen-bond donors (Lipinski definition) is 2. The van der Waals surface area contributed by atoms with Crippen molar-refractivity contribution in [2.75, 3.05) is 26.7 Å². The second-order valence-corrected chi connectivity index (χ2v) is 7.44. The van der Waals surface area contributed by atoms with Crippen molar-refractivity contribution in [3.8, 4) is 0 Å². The number of hydrogen-bond acceptors (Lipinski definition) is 4. The molecule has 1 aliphatic heterocycles. The van der Waals surface area contributed by atoms with Gasteiger partial charge in [-0.1, -0.05) is 6.92 Å². The molecule has 2 heterocycles. The lowest BCUT2D eigenvalue weighted by Crippen LogP contribution is -2.47. The fraction of sp³-hybridized carbons (Fsp3) is 0.750. The maximum Gasteiger partial charge on any atom is 0.434 e. The molecule has 1 aliphatic rings. The molecule has 0 aliphatic carbocycles. The van der Waals surface area contributed by atoms with Crippen LogP contribution >= 0.6 is 35.3 Å². The van der Waals surface area contributed by atoms with Crippen LogP contribution < -0.4 is 10.6 Å². The highest BCUT2D eigenvalue weighted by Gasteiger charge is 2.33. The van der Waals surface area contributed by atoms with Crippen LogP contribution in [0.15, 0.2) is 10.4 Å². The molecule has 1 aromatic heterocycles. The van der Waals surface area contributed by atoms with Crippen molar-refractivity contribution in [1.82, 2.24) is 20.5 Å². The van der Waals surface area contributed by atoms with Gasteiger partial charge < -0.3 is 10.6 Å². The average Bonchev–Trinajstić information content (AvgIpc) is 3.04. The lowest BCUT2D eigenvalue weighted by molar-refractivity contribution is -0.140. The molecule has 1 aromatic rings. The average molecular weight is 505 g/mol. The zero-order chi connectivity index (χ0) is 18.4. The monoisotopic (exact) mass is 505 g/mol. The van der Waals surface area contributed by atoms with Crippen LogP contribution in [0.1, 0.15) is 37.4 Å². The Morgan fingerprint density at radius 1 is 1.38 bits per heavy atom. The molecule has 0 bridgehead atoms. The van der Waals surface area contributed by atoms with Crippen LogP contribution in [-0.2, 0) is 12.7 Å². The maximum absolute atomic E-state index is 12.6. The molecule has 0 radical (unpaired) electrons. The number of alkyl halides is 3. The molecule has 150 valence electrons. The number of piperidine rings is 1. The van der Waals surface area contributed by atoms with Crippen molar-refractivity contribution < 1.29 is 13.2 Å². The van der Waals surface area contributed by atoms with Crippen molar-refractivity contribution in [1.29, 1.82) is 0 Å². The third kappa shape index (κ3) is 7.18. The van der Waals surface area contributed by atoms with Gasteiger partial charge in [0.15, 0.2) is 11.7 Å². The van der Waals surface area contributed by atoms with E-state index in [9.17, 15) is 13.2 Å². The quantitative estimate of drug-likeness (QED) is 0.365. The molecule has 1 atom stereocenters. The zero-order valence-electron chi connectivity index (χ0n) is 15.3. The minimum Gasteiger partial charge on any atom is -0.355 e. The summed E-state index contributed by atoms with van der Waals surface area (Å²) in [6.07, 6.45) is -1.94. The molecule has 2 N–H and O–H groups in total. The van der Waals surface area contributed by atoms with Gasteiger partial charge in [0.05, 0.1) is 6.54 Å². The lowest BCUT2D eigenvalue weighted by Gasteiger charge is -2.35. The number of likely N-dealkylation sites (tertiary alicyclic amines) is 1. The zero-order valence-corrected chi connectivity index (χ0v) is 18.4. The summed E-state index contributed by atoms with van der Waals surface area (Å²) in [7, 11) is 1.64. The molecule has 0 spiro atoms. The molecule has 1 unspecified atom stereocenters. The van der Waals surface area contributed by atoms with E-state index in [1.54, 1.807) is 7.05 Å². The van der Waals surface area contributed by atoms with E-state index >= 15 is 0 Å². The van der Waals surface area contributed by atoms with E-state index in [4.69, 9.17) is 0 Å². The predicted molar refractivity (Wildman–Crippen MR) is 110 cm³/mol. The SMILES string of the molecule is CN=C(NCc1nc(C(F)(F)F)cs1)NCC(C)N1CCC(C)CC1.I. The molecule has 0 aromatic carbocycles. The van der Waals surface area contributed by atoms with Gasteiger partial charge in [-0.2, -0.15) is 13.2 Å². The summed E-state index contributed by atoms with van der Waals surface area (Å²) < 4.78 is 37.7. The van der Waals surface area contributed by atoms with Crippen molar-refractivity contribution >= 4 is 41.3 Å². The first-order valence-electron chi connectivity index (χ1n) is 8.49. The lowest BCUT2D eigenvalue weighted by atomic mass is 9.98. The molecule has 1 fully saturated rings. The van der Waals surface area contributed by atoms with Gasteiger partial charge in [0.25, 0.3) is 0 Å². The number of guanidine groups is 1. The third-order valence-electron chi connectivity index (χ3n) is 4.48. The van der Waals surface area contributed by atoms with E-state index in [2.05, 4.69) is 39.4 Å². The second-order valence-electron chi connectivity index (χ2n) is 6.50. The number of nitrogens with zero attached hydrogens (tertiary/aromatic N) is 3. The Kier molecular flexibility index (Phi) is 9.59. The van der Waals surface area contributed by atoms with E-state index in [1.165, 1.54) is 12.8 Å². The molecular weight excluding hydrogens is 478 g/mol. The van der Waals surface area contributed by atoms with Gasteiger partial charge in [-0.05, 0) is 38.8 Å². The predicted octanol–water partition coefficient (Wildman–Crippen LogP) is 3.57. The number of thiazole rings is 1. The van der Waals surface area contributed by atoms with E-state index in [1.807, 2.05) is 0 Å². The van der Waals surface area contributed by atoms with Gasteiger partial charge >= 0.3 is 6.18 Å². The van der Waals surface area contributed by atoms with Crippen LogP contribution in [0.4, 0.5) is 13.2 Å². The van der Waals surface area contributed by atoms with Crippen LogP contribution in [0.3, 0.4) is 0 Å². The highest BCUT2D eigenvalue weighted by atomic mass is 127. The van der Waals surface area contributed by atoms with Crippen molar-refractivity contribution in [2.24, 2.45) is 10.9 Å². The minimum atomic E-state index is -4.39. The highest BCUT2D eigenvalue weighted by Crippen LogP contribution is 2.29. The molecule has 0 amide bonds. The van der Waals surface area contributed by atoms with Crippen molar-refractivity contribution in [2.45, 2.75) is 45.5 Å². The first-order valence-corrected chi connectivity index (χ1v) is 9.37. The molecular formula is C16H27F3IN5S. The van der Waals surface area contributed by atoms with Gasteiger partial charge in [0, 0.05) is 25.0 Å². The van der Waals surface area contributed by atoms with Crippen LogP contribution in [0, 0.1) is 5.92 Å². The normalized spacial score (nSPS) is 18.3.